The Balaban J connectivity index is 1.77. The molecule has 0 radical (unpaired) electrons. The van der Waals surface area contributed by atoms with Crippen LogP contribution in [0.4, 0.5) is 11.5 Å². The van der Waals surface area contributed by atoms with Gasteiger partial charge in [0.15, 0.2) is 0 Å². The predicted octanol–water partition coefficient (Wildman–Crippen LogP) is 2.08. The van der Waals surface area contributed by atoms with Crippen molar-refractivity contribution in [2.45, 2.75) is 11.8 Å². The van der Waals surface area contributed by atoms with Crippen molar-refractivity contribution in [1.29, 1.82) is 0 Å². The fourth-order valence-electron chi connectivity index (χ4n) is 2.84. The van der Waals surface area contributed by atoms with E-state index in [4.69, 9.17) is 4.74 Å². The highest BCUT2D eigenvalue weighted by molar-refractivity contribution is 7.89. The molecule has 2 heterocycles. The summed E-state index contributed by atoms with van der Waals surface area (Å²) in [4.78, 5) is 6.60. The number of hydrogen-bond acceptors (Lipinski definition) is 6. The standard InChI is InChI=1S/C18H24N4O3S/c1-14-4-6-17(25-3)16(12-14)20-18-7-5-15(13-19-18)26(23,24)22-10-8-21(2)9-11-22/h4-7,12-13H,8-11H2,1-3H3,(H,19,20). The van der Waals surface area contributed by atoms with E-state index in [1.54, 1.807) is 19.2 Å². The van der Waals surface area contributed by atoms with E-state index in [0.717, 1.165) is 24.3 Å². The SMILES string of the molecule is COc1ccc(C)cc1Nc1ccc(S(=O)(=O)N2CCN(C)CC2)cn1. The third kappa shape index (κ3) is 3.98. The van der Waals surface area contributed by atoms with E-state index in [9.17, 15) is 8.42 Å². The smallest absolute Gasteiger partial charge is 0.244 e. The third-order valence-corrected chi connectivity index (χ3v) is 6.34. The lowest BCUT2D eigenvalue weighted by molar-refractivity contribution is 0.222. The molecule has 0 saturated carbocycles. The van der Waals surface area contributed by atoms with Crippen molar-refractivity contribution in [2.75, 3.05) is 45.7 Å². The Morgan fingerprint density at radius 3 is 2.46 bits per heavy atom. The van der Waals surface area contributed by atoms with Crippen LogP contribution in [0.25, 0.3) is 0 Å². The maximum absolute atomic E-state index is 12.7. The predicted molar refractivity (Wildman–Crippen MR) is 102 cm³/mol. The molecule has 0 unspecified atom stereocenters. The van der Waals surface area contributed by atoms with Crippen molar-refractivity contribution in [2.24, 2.45) is 0 Å². The Morgan fingerprint density at radius 1 is 1.12 bits per heavy atom. The van der Waals surface area contributed by atoms with Gasteiger partial charge in [0, 0.05) is 32.4 Å². The van der Waals surface area contributed by atoms with E-state index < -0.39 is 10.0 Å². The van der Waals surface area contributed by atoms with E-state index in [2.05, 4.69) is 15.2 Å². The maximum Gasteiger partial charge on any atom is 0.244 e. The maximum atomic E-state index is 12.7. The topological polar surface area (TPSA) is 74.8 Å². The molecule has 1 fully saturated rings. The van der Waals surface area contributed by atoms with Gasteiger partial charge in [0.05, 0.1) is 12.8 Å². The van der Waals surface area contributed by atoms with Crippen molar-refractivity contribution < 1.29 is 13.2 Å². The molecule has 1 aromatic carbocycles. The number of pyridine rings is 1. The molecule has 0 spiro atoms. The van der Waals surface area contributed by atoms with Crippen LogP contribution in [0.3, 0.4) is 0 Å². The number of sulfonamides is 1. The summed E-state index contributed by atoms with van der Waals surface area (Å²) in [6.45, 7) is 4.46. The number of ether oxygens (including phenoxy) is 1. The van der Waals surface area contributed by atoms with E-state index in [-0.39, 0.29) is 4.90 Å². The molecule has 0 amide bonds. The van der Waals surface area contributed by atoms with Crippen molar-refractivity contribution in [3.63, 3.8) is 0 Å². The molecule has 7 nitrogen and oxygen atoms in total. The fourth-order valence-corrected chi connectivity index (χ4v) is 4.21. The van der Waals surface area contributed by atoms with Gasteiger partial charge in [-0.25, -0.2) is 13.4 Å². The number of piperazine rings is 1. The van der Waals surface area contributed by atoms with Gasteiger partial charge in [0.1, 0.15) is 16.5 Å². The minimum absolute atomic E-state index is 0.212. The molecule has 1 saturated heterocycles. The monoisotopic (exact) mass is 376 g/mol. The molecule has 1 aliphatic rings. The second kappa shape index (κ2) is 7.61. The van der Waals surface area contributed by atoms with E-state index in [0.29, 0.717) is 24.7 Å². The molecule has 1 aliphatic heterocycles. The van der Waals surface area contributed by atoms with Gasteiger partial charge in [-0.1, -0.05) is 6.07 Å². The molecule has 8 heteroatoms. The van der Waals surface area contributed by atoms with Crippen LogP contribution in [0, 0.1) is 6.92 Å². The zero-order chi connectivity index (χ0) is 18.7. The number of nitrogens with zero attached hydrogens (tertiary/aromatic N) is 3. The number of anilines is 2. The summed E-state index contributed by atoms with van der Waals surface area (Å²) < 4.78 is 32.3. The fraction of sp³-hybridized carbons (Fsp3) is 0.389. The van der Waals surface area contributed by atoms with Gasteiger partial charge in [-0.3, -0.25) is 0 Å². The molecule has 26 heavy (non-hydrogen) atoms. The van der Waals surface area contributed by atoms with Crippen molar-refractivity contribution in [3.05, 3.63) is 42.1 Å². The summed E-state index contributed by atoms with van der Waals surface area (Å²) in [7, 11) is 0.0948. The van der Waals surface area contributed by atoms with E-state index in [1.807, 2.05) is 32.2 Å². The van der Waals surface area contributed by atoms with Crippen molar-refractivity contribution in [1.82, 2.24) is 14.2 Å². The van der Waals surface area contributed by atoms with Crippen molar-refractivity contribution >= 4 is 21.5 Å². The number of aromatic nitrogens is 1. The molecular formula is C18H24N4O3S. The molecule has 140 valence electrons. The highest BCUT2D eigenvalue weighted by Gasteiger charge is 2.27. The summed E-state index contributed by atoms with van der Waals surface area (Å²) >= 11 is 0. The zero-order valence-electron chi connectivity index (χ0n) is 15.3. The number of likely N-dealkylation sites (N-methyl/N-ethyl adjacent to an activating group) is 1. The van der Waals surface area contributed by atoms with Crippen LogP contribution in [-0.2, 0) is 10.0 Å². The van der Waals surface area contributed by atoms with Gasteiger partial charge in [-0.15, -0.1) is 0 Å². The molecular weight excluding hydrogens is 352 g/mol. The average Bonchev–Trinajstić information content (AvgIpc) is 2.63. The molecule has 3 rings (SSSR count). The van der Waals surface area contributed by atoms with Crippen LogP contribution in [0.5, 0.6) is 5.75 Å². The van der Waals surface area contributed by atoms with Gasteiger partial charge in [0.2, 0.25) is 10.0 Å². The highest BCUT2D eigenvalue weighted by Crippen LogP contribution is 2.28. The second-order valence-electron chi connectivity index (χ2n) is 6.42. The van der Waals surface area contributed by atoms with Crippen LogP contribution in [0.1, 0.15) is 5.56 Å². The molecule has 1 N–H and O–H groups in total. The van der Waals surface area contributed by atoms with Gasteiger partial charge in [-0.05, 0) is 43.8 Å². The Kier molecular flexibility index (Phi) is 5.45. The summed E-state index contributed by atoms with van der Waals surface area (Å²) in [5.74, 6) is 1.26. The lowest BCUT2D eigenvalue weighted by Gasteiger charge is -2.31. The zero-order valence-corrected chi connectivity index (χ0v) is 16.1. The Labute approximate surface area is 154 Å². The third-order valence-electron chi connectivity index (χ3n) is 4.45. The first-order valence-electron chi connectivity index (χ1n) is 8.46. The molecule has 1 aromatic heterocycles. The number of aryl methyl sites for hydroxylation is 1. The highest BCUT2D eigenvalue weighted by atomic mass is 32.2. The summed E-state index contributed by atoms with van der Waals surface area (Å²) in [6.07, 6.45) is 1.40. The lowest BCUT2D eigenvalue weighted by atomic mass is 10.2. The first-order chi connectivity index (χ1) is 12.4. The van der Waals surface area contributed by atoms with Gasteiger partial charge >= 0.3 is 0 Å². The Morgan fingerprint density at radius 2 is 1.85 bits per heavy atom. The summed E-state index contributed by atoms with van der Waals surface area (Å²) in [5.41, 5.74) is 1.87. The minimum Gasteiger partial charge on any atom is -0.495 e. The van der Waals surface area contributed by atoms with Crippen LogP contribution in [0.2, 0.25) is 0 Å². The lowest BCUT2D eigenvalue weighted by Crippen LogP contribution is -2.47. The largest absolute Gasteiger partial charge is 0.495 e. The second-order valence-corrected chi connectivity index (χ2v) is 8.35. The number of benzene rings is 1. The quantitative estimate of drug-likeness (QED) is 0.861. The van der Waals surface area contributed by atoms with E-state index in [1.165, 1.54) is 10.5 Å². The van der Waals surface area contributed by atoms with Crippen LogP contribution >= 0.6 is 0 Å². The van der Waals surface area contributed by atoms with Crippen LogP contribution < -0.4 is 10.1 Å². The molecule has 2 aromatic rings. The minimum atomic E-state index is -3.50. The number of nitrogens with one attached hydrogen (secondary N) is 1. The summed E-state index contributed by atoms with van der Waals surface area (Å²) in [5, 5.41) is 3.18. The molecule has 0 bridgehead atoms. The molecule has 0 atom stereocenters. The number of methoxy groups -OCH3 is 1. The molecule has 0 aliphatic carbocycles. The van der Waals surface area contributed by atoms with Crippen LogP contribution in [0.15, 0.2) is 41.4 Å². The Hall–Kier alpha value is -2.16. The van der Waals surface area contributed by atoms with Gasteiger partial charge in [-0.2, -0.15) is 4.31 Å². The van der Waals surface area contributed by atoms with E-state index >= 15 is 0 Å². The van der Waals surface area contributed by atoms with Gasteiger partial charge < -0.3 is 15.0 Å². The first-order valence-corrected chi connectivity index (χ1v) is 9.90. The van der Waals surface area contributed by atoms with Gasteiger partial charge in [0.25, 0.3) is 0 Å². The summed E-state index contributed by atoms with van der Waals surface area (Å²) in [6, 6.07) is 9.05. The van der Waals surface area contributed by atoms with Crippen LogP contribution in [-0.4, -0.2) is 62.9 Å². The normalized spacial score (nSPS) is 16.4. The number of rotatable bonds is 5. The first kappa shape index (κ1) is 18.6. The Bertz CT molecular complexity index is 861. The number of hydrogen-bond donors (Lipinski definition) is 1. The average molecular weight is 376 g/mol. The van der Waals surface area contributed by atoms with Crippen molar-refractivity contribution in [3.8, 4) is 5.75 Å².